The van der Waals surface area contributed by atoms with Crippen LogP contribution in [-0.4, -0.2) is 17.3 Å². The molecule has 0 amide bonds. The molecule has 3 rings (SSSR count). The first-order chi connectivity index (χ1) is 9.25. The Bertz CT molecular complexity index is 568. The van der Waals surface area contributed by atoms with Gasteiger partial charge in [0, 0.05) is 27.5 Å². The number of hydrogen-bond acceptors (Lipinski definition) is 3. The molecule has 102 valence electrons. The molecular weight excluding hydrogens is 278 g/mol. The first-order valence-corrected chi connectivity index (χ1v) is 8.02. The SMILES string of the molecule is OC1CCCCC1NCc1sc2ccccc2c1Cl. The van der Waals surface area contributed by atoms with Gasteiger partial charge in [-0.25, -0.2) is 0 Å². The molecule has 0 radical (unpaired) electrons. The van der Waals surface area contributed by atoms with E-state index in [1.807, 2.05) is 12.1 Å². The summed E-state index contributed by atoms with van der Waals surface area (Å²) >= 11 is 8.16. The highest BCUT2D eigenvalue weighted by molar-refractivity contribution is 7.19. The highest BCUT2D eigenvalue weighted by Crippen LogP contribution is 2.35. The standard InChI is InChI=1S/C15H18ClNOS/c16-15-10-5-1-4-8-13(10)19-14(15)9-17-11-6-2-3-7-12(11)18/h1,4-5,8,11-12,17-18H,2-3,6-7,9H2. The van der Waals surface area contributed by atoms with Crippen molar-refractivity contribution in [3.05, 3.63) is 34.2 Å². The van der Waals surface area contributed by atoms with E-state index in [4.69, 9.17) is 11.6 Å². The lowest BCUT2D eigenvalue weighted by molar-refractivity contribution is 0.0904. The molecule has 2 unspecified atom stereocenters. The molecule has 1 heterocycles. The fourth-order valence-electron chi connectivity index (χ4n) is 2.75. The van der Waals surface area contributed by atoms with Crippen LogP contribution in [-0.2, 0) is 6.54 Å². The van der Waals surface area contributed by atoms with E-state index < -0.39 is 0 Å². The topological polar surface area (TPSA) is 32.3 Å². The van der Waals surface area contributed by atoms with Gasteiger partial charge in [0.25, 0.3) is 0 Å². The maximum Gasteiger partial charge on any atom is 0.0693 e. The first-order valence-electron chi connectivity index (χ1n) is 6.83. The van der Waals surface area contributed by atoms with Gasteiger partial charge in [-0.2, -0.15) is 0 Å². The normalized spacial score (nSPS) is 23.9. The second-order valence-corrected chi connectivity index (χ2v) is 6.69. The molecule has 0 spiro atoms. The maximum atomic E-state index is 9.96. The number of benzene rings is 1. The van der Waals surface area contributed by atoms with Crippen molar-refractivity contribution >= 4 is 33.0 Å². The van der Waals surface area contributed by atoms with E-state index in [1.165, 1.54) is 16.0 Å². The molecule has 0 saturated heterocycles. The summed E-state index contributed by atoms with van der Waals surface area (Å²) in [5.74, 6) is 0. The summed E-state index contributed by atoms with van der Waals surface area (Å²) in [5.41, 5.74) is 0. The van der Waals surface area contributed by atoms with Crippen LogP contribution in [0.15, 0.2) is 24.3 Å². The van der Waals surface area contributed by atoms with Crippen LogP contribution in [0, 0.1) is 0 Å². The lowest BCUT2D eigenvalue weighted by Crippen LogP contribution is -2.41. The summed E-state index contributed by atoms with van der Waals surface area (Å²) in [7, 11) is 0. The molecule has 1 aromatic carbocycles. The Labute approximate surface area is 122 Å². The number of thiophene rings is 1. The van der Waals surface area contributed by atoms with Gasteiger partial charge >= 0.3 is 0 Å². The molecule has 2 N–H and O–H groups in total. The van der Waals surface area contributed by atoms with Crippen LogP contribution in [0.3, 0.4) is 0 Å². The van der Waals surface area contributed by atoms with Crippen LogP contribution < -0.4 is 5.32 Å². The zero-order valence-corrected chi connectivity index (χ0v) is 12.3. The zero-order chi connectivity index (χ0) is 13.2. The smallest absolute Gasteiger partial charge is 0.0693 e. The number of halogens is 1. The van der Waals surface area contributed by atoms with E-state index in [0.29, 0.717) is 0 Å². The number of fused-ring (bicyclic) bond motifs is 1. The molecule has 2 aromatic rings. The summed E-state index contributed by atoms with van der Waals surface area (Å²) < 4.78 is 1.23. The van der Waals surface area contributed by atoms with Gasteiger partial charge in [-0.1, -0.05) is 42.6 Å². The lowest BCUT2D eigenvalue weighted by Gasteiger charge is -2.28. The van der Waals surface area contributed by atoms with Crippen LogP contribution in [0.1, 0.15) is 30.6 Å². The predicted octanol–water partition coefficient (Wildman–Crippen LogP) is 3.95. The van der Waals surface area contributed by atoms with Crippen molar-refractivity contribution in [1.82, 2.24) is 5.32 Å². The number of hydrogen-bond donors (Lipinski definition) is 2. The molecular formula is C15H18ClNOS. The van der Waals surface area contributed by atoms with Gasteiger partial charge in [-0.3, -0.25) is 0 Å². The van der Waals surface area contributed by atoms with Crippen LogP contribution in [0.4, 0.5) is 0 Å². The molecule has 4 heteroatoms. The average Bonchev–Trinajstić information content (AvgIpc) is 2.75. The van der Waals surface area contributed by atoms with E-state index in [1.54, 1.807) is 11.3 Å². The Hall–Kier alpha value is -0.610. The van der Waals surface area contributed by atoms with Crippen molar-refractivity contribution < 1.29 is 5.11 Å². The minimum absolute atomic E-state index is 0.207. The van der Waals surface area contributed by atoms with Crippen LogP contribution in [0.2, 0.25) is 5.02 Å². The van der Waals surface area contributed by atoms with Gasteiger partial charge in [0.1, 0.15) is 0 Å². The summed E-state index contributed by atoms with van der Waals surface area (Å²) in [6.07, 6.45) is 4.11. The van der Waals surface area contributed by atoms with E-state index in [-0.39, 0.29) is 12.1 Å². The Kier molecular flexibility index (Phi) is 4.08. The largest absolute Gasteiger partial charge is 0.392 e. The number of aliphatic hydroxyl groups excluding tert-OH is 1. The summed E-state index contributed by atoms with van der Waals surface area (Å²) in [6, 6.07) is 8.44. The fraction of sp³-hybridized carbons (Fsp3) is 0.467. The Morgan fingerprint density at radius 2 is 2.05 bits per heavy atom. The fourth-order valence-corrected chi connectivity index (χ4v) is 4.20. The Morgan fingerprint density at radius 1 is 1.26 bits per heavy atom. The van der Waals surface area contributed by atoms with Crippen molar-refractivity contribution in [2.24, 2.45) is 0 Å². The first kappa shape index (κ1) is 13.4. The Balaban J connectivity index is 1.73. The van der Waals surface area contributed by atoms with Gasteiger partial charge in [-0.15, -0.1) is 11.3 Å². The second-order valence-electron chi connectivity index (χ2n) is 5.17. The van der Waals surface area contributed by atoms with E-state index in [9.17, 15) is 5.11 Å². The molecule has 0 bridgehead atoms. The maximum absolute atomic E-state index is 9.96. The molecule has 1 aliphatic carbocycles. The van der Waals surface area contributed by atoms with E-state index in [0.717, 1.165) is 36.2 Å². The number of nitrogens with one attached hydrogen (secondary N) is 1. The minimum atomic E-state index is -0.207. The van der Waals surface area contributed by atoms with Crippen molar-refractivity contribution in [3.63, 3.8) is 0 Å². The van der Waals surface area contributed by atoms with Gasteiger partial charge in [0.2, 0.25) is 0 Å². The molecule has 1 aliphatic rings. The van der Waals surface area contributed by atoms with E-state index >= 15 is 0 Å². The molecule has 1 fully saturated rings. The van der Waals surface area contributed by atoms with Crippen molar-refractivity contribution in [2.75, 3.05) is 0 Å². The number of aliphatic hydroxyl groups is 1. The van der Waals surface area contributed by atoms with Crippen molar-refractivity contribution in [2.45, 2.75) is 44.4 Å². The second kappa shape index (κ2) is 5.80. The van der Waals surface area contributed by atoms with Gasteiger partial charge in [0.15, 0.2) is 0 Å². The van der Waals surface area contributed by atoms with Gasteiger partial charge < -0.3 is 10.4 Å². The molecule has 1 saturated carbocycles. The third-order valence-electron chi connectivity index (χ3n) is 3.86. The van der Waals surface area contributed by atoms with Crippen LogP contribution >= 0.6 is 22.9 Å². The van der Waals surface area contributed by atoms with Gasteiger partial charge in [0.05, 0.1) is 11.1 Å². The third-order valence-corrected chi connectivity index (χ3v) is 5.57. The molecule has 2 atom stereocenters. The van der Waals surface area contributed by atoms with Crippen molar-refractivity contribution in [1.29, 1.82) is 0 Å². The van der Waals surface area contributed by atoms with E-state index in [2.05, 4.69) is 17.4 Å². The minimum Gasteiger partial charge on any atom is -0.392 e. The average molecular weight is 296 g/mol. The summed E-state index contributed by atoms with van der Waals surface area (Å²) in [6.45, 7) is 0.750. The summed E-state index contributed by atoms with van der Waals surface area (Å²) in [5, 5.41) is 15.4. The number of rotatable bonds is 3. The quantitative estimate of drug-likeness (QED) is 0.899. The van der Waals surface area contributed by atoms with Crippen molar-refractivity contribution in [3.8, 4) is 0 Å². The monoisotopic (exact) mass is 295 g/mol. The van der Waals surface area contributed by atoms with Crippen LogP contribution in [0.5, 0.6) is 0 Å². The molecule has 1 aromatic heterocycles. The van der Waals surface area contributed by atoms with Gasteiger partial charge in [-0.05, 0) is 18.9 Å². The molecule has 0 aliphatic heterocycles. The molecule has 19 heavy (non-hydrogen) atoms. The summed E-state index contributed by atoms with van der Waals surface area (Å²) in [4.78, 5) is 1.17. The lowest BCUT2D eigenvalue weighted by atomic mass is 9.92. The highest BCUT2D eigenvalue weighted by atomic mass is 35.5. The molecule has 2 nitrogen and oxygen atoms in total. The zero-order valence-electron chi connectivity index (χ0n) is 10.7. The highest BCUT2D eigenvalue weighted by Gasteiger charge is 2.22. The van der Waals surface area contributed by atoms with Crippen LogP contribution in [0.25, 0.3) is 10.1 Å². The predicted molar refractivity (Wildman–Crippen MR) is 81.9 cm³/mol. The third kappa shape index (κ3) is 2.79. The Morgan fingerprint density at radius 3 is 2.84 bits per heavy atom.